The van der Waals surface area contributed by atoms with E-state index in [4.69, 9.17) is 19.4 Å². The molecule has 0 saturated carbocycles. The maximum absolute atomic E-state index is 6.51. The molecule has 4 heterocycles. The van der Waals surface area contributed by atoms with Crippen LogP contribution in [0.2, 0.25) is 0 Å². The zero-order valence-electron chi connectivity index (χ0n) is 30.4. The van der Waals surface area contributed by atoms with Crippen LogP contribution in [-0.2, 0) is 0 Å². The number of aromatic nitrogens is 4. The molecule has 0 aliphatic heterocycles. The van der Waals surface area contributed by atoms with Gasteiger partial charge in [0, 0.05) is 64.1 Å². The Morgan fingerprint density at radius 2 is 0.930 bits per heavy atom. The normalized spacial score (nSPS) is 11.9. The number of para-hydroxylation sites is 2. The first-order valence-electron chi connectivity index (χ1n) is 19.0. The molecule has 6 heteroatoms. The van der Waals surface area contributed by atoms with Gasteiger partial charge in [-0.15, -0.1) is 11.3 Å². The fourth-order valence-electron chi connectivity index (χ4n) is 8.34. The molecular weight excluding hydrogens is 717 g/mol. The Kier molecular flexibility index (Phi) is 7.03. The summed E-state index contributed by atoms with van der Waals surface area (Å²) in [7, 11) is 0. The molecule has 0 radical (unpaired) electrons. The third kappa shape index (κ3) is 5.19. The molecule has 8 aromatic carbocycles. The maximum Gasteiger partial charge on any atom is 0.164 e. The summed E-state index contributed by atoms with van der Waals surface area (Å²) in [6.07, 6.45) is 0. The lowest BCUT2D eigenvalue weighted by Crippen LogP contribution is -2.01. The molecule has 0 N–H and O–H groups in total. The van der Waals surface area contributed by atoms with E-state index < -0.39 is 0 Å². The van der Waals surface area contributed by atoms with Crippen LogP contribution in [0.4, 0.5) is 0 Å². The number of hydrogen-bond acceptors (Lipinski definition) is 5. The average Bonchev–Trinajstić information content (AvgIpc) is 3.95. The first kappa shape index (κ1) is 31.9. The van der Waals surface area contributed by atoms with E-state index in [0.717, 1.165) is 60.9 Å². The Labute approximate surface area is 330 Å². The van der Waals surface area contributed by atoms with Crippen LogP contribution in [0.3, 0.4) is 0 Å². The third-order valence-corrected chi connectivity index (χ3v) is 12.2. The number of hydrogen-bond donors (Lipinski definition) is 0. The van der Waals surface area contributed by atoms with E-state index in [1.165, 1.54) is 36.5 Å². The molecule has 0 amide bonds. The molecule has 0 saturated heterocycles. The van der Waals surface area contributed by atoms with Crippen molar-refractivity contribution in [3.63, 3.8) is 0 Å². The van der Waals surface area contributed by atoms with Gasteiger partial charge in [0.05, 0.1) is 11.0 Å². The van der Waals surface area contributed by atoms with Crippen LogP contribution >= 0.6 is 11.3 Å². The number of thiophene rings is 1. The van der Waals surface area contributed by atoms with Crippen LogP contribution in [0.1, 0.15) is 0 Å². The summed E-state index contributed by atoms with van der Waals surface area (Å²) in [6.45, 7) is 0. The van der Waals surface area contributed by atoms with Crippen molar-refractivity contribution in [1.29, 1.82) is 0 Å². The van der Waals surface area contributed by atoms with E-state index in [2.05, 4.69) is 156 Å². The fourth-order valence-corrected chi connectivity index (χ4v) is 9.42. The Morgan fingerprint density at radius 1 is 0.351 bits per heavy atom. The molecule has 0 spiro atoms. The van der Waals surface area contributed by atoms with Crippen molar-refractivity contribution in [2.75, 3.05) is 0 Å². The second kappa shape index (κ2) is 12.6. The number of fused-ring (bicyclic) bond motifs is 9. The van der Waals surface area contributed by atoms with Gasteiger partial charge in [-0.05, 0) is 77.9 Å². The summed E-state index contributed by atoms with van der Waals surface area (Å²) in [5, 5.41) is 7.16. The molecule has 0 fully saturated rings. The van der Waals surface area contributed by atoms with E-state index in [0.29, 0.717) is 17.5 Å². The third-order valence-electron chi connectivity index (χ3n) is 11.0. The smallest absolute Gasteiger partial charge is 0.164 e. The largest absolute Gasteiger partial charge is 0.456 e. The van der Waals surface area contributed by atoms with Gasteiger partial charge in [0.1, 0.15) is 11.2 Å². The summed E-state index contributed by atoms with van der Waals surface area (Å²) >= 11 is 1.84. The van der Waals surface area contributed by atoms with Gasteiger partial charge in [-0.25, -0.2) is 15.0 Å². The lowest BCUT2D eigenvalue weighted by molar-refractivity contribution is 0.669. The lowest BCUT2D eigenvalue weighted by Gasteiger charge is -2.11. The molecule has 0 aliphatic rings. The Balaban J connectivity index is 0.971. The van der Waals surface area contributed by atoms with Crippen molar-refractivity contribution in [2.24, 2.45) is 0 Å². The average molecular weight is 747 g/mol. The highest BCUT2D eigenvalue weighted by molar-refractivity contribution is 7.25. The molecule has 0 bridgehead atoms. The van der Waals surface area contributed by atoms with E-state index in [1.807, 2.05) is 41.7 Å². The van der Waals surface area contributed by atoms with E-state index >= 15 is 0 Å². The monoisotopic (exact) mass is 746 g/mol. The van der Waals surface area contributed by atoms with Crippen molar-refractivity contribution < 1.29 is 4.42 Å². The minimum absolute atomic E-state index is 0.584. The van der Waals surface area contributed by atoms with Crippen molar-refractivity contribution in [1.82, 2.24) is 19.5 Å². The standard InChI is InChI=1S/C51H30N4OS/c1-2-11-31(12-3-1)49-52-50(34-13-10-14-36(27-34)55-43-18-7-4-15-37(43)38-16-5-8-19-44(38)55)54-51(53-49)35-21-24-39-41-28-32(22-25-45(41)56-46(39)30-35)33-23-26-48-42(29-33)40-17-6-9-20-47(40)57-48/h1-30H. The highest BCUT2D eigenvalue weighted by Crippen LogP contribution is 2.39. The van der Waals surface area contributed by atoms with Gasteiger partial charge in [-0.2, -0.15) is 0 Å². The van der Waals surface area contributed by atoms with Crippen molar-refractivity contribution in [3.8, 4) is 51.0 Å². The number of furan rings is 1. The predicted octanol–water partition coefficient (Wildman–Crippen LogP) is 13.9. The topological polar surface area (TPSA) is 56.7 Å². The van der Waals surface area contributed by atoms with E-state index in [-0.39, 0.29) is 0 Å². The SMILES string of the molecule is c1ccc(-c2nc(-c3cccc(-n4c5ccccc5c5ccccc54)c3)nc(-c3ccc4c(c3)oc3ccc(-c5ccc6sc7ccccc7c6c5)cc34)n2)cc1. The minimum Gasteiger partial charge on any atom is -0.456 e. The van der Waals surface area contributed by atoms with Crippen LogP contribution < -0.4 is 0 Å². The molecule has 0 atom stereocenters. The number of rotatable bonds is 5. The fraction of sp³-hybridized carbons (Fsp3) is 0. The highest BCUT2D eigenvalue weighted by atomic mass is 32.1. The van der Waals surface area contributed by atoms with Crippen LogP contribution in [-0.4, -0.2) is 19.5 Å². The van der Waals surface area contributed by atoms with Crippen molar-refractivity contribution in [2.45, 2.75) is 0 Å². The first-order valence-corrected chi connectivity index (χ1v) is 19.8. The second-order valence-electron chi connectivity index (χ2n) is 14.4. The molecule has 0 aliphatic carbocycles. The van der Waals surface area contributed by atoms with Crippen molar-refractivity contribution in [3.05, 3.63) is 182 Å². The first-order chi connectivity index (χ1) is 28.2. The molecule has 266 valence electrons. The summed E-state index contributed by atoms with van der Waals surface area (Å²) < 4.78 is 11.4. The van der Waals surface area contributed by atoms with Crippen LogP contribution in [0, 0.1) is 0 Å². The van der Waals surface area contributed by atoms with Gasteiger partial charge in [-0.3, -0.25) is 0 Å². The molecule has 57 heavy (non-hydrogen) atoms. The second-order valence-corrected chi connectivity index (χ2v) is 15.5. The zero-order chi connectivity index (χ0) is 37.5. The zero-order valence-corrected chi connectivity index (χ0v) is 31.2. The Hall–Kier alpha value is -7.41. The minimum atomic E-state index is 0.584. The lowest BCUT2D eigenvalue weighted by atomic mass is 10.0. The summed E-state index contributed by atoms with van der Waals surface area (Å²) in [5.41, 5.74) is 10.0. The van der Waals surface area contributed by atoms with E-state index in [1.54, 1.807) is 0 Å². The molecule has 5 nitrogen and oxygen atoms in total. The predicted molar refractivity (Wildman–Crippen MR) is 236 cm³/mol. The Morgan fingerprint density at radius 3 is 1.70 bits per heavy atom. The van der Waals surface area contributed by atoms with Gasteiger partial charge in [-0.1, -0.05) is 115 Å². The summed E-state index contributed by atoms with van der Waals surface area (Å²) in [5.74, 6) is 1.80. The van der Waals surface area contributed by atoms with Crippen LogP contribution in [0.15, 0.2) is 186 Å². The van der Waals surface area contributed by atoms with Crippen molar-refractivity contribution >= 4 is 75.3 Å². The Bertz CT molecular complexity index is 3490. The maximum atomic E-state index is 6.51. The molecule has 12 aromatic rings. The quantitative estimate of drug-likeness (QED) is 0.176. The van der Waals surface area contributed by atoms with Crippen LogP contribution in [0.25, 0.3) is 115 Å². The number of nitrogens with zero attached hydrogens (tertiary/aromatic N) is 4. The van der Waals surface area contributed by atoms with Crippen LogP contribution in [0.5, 0.6) is 0 Å². The molecule has 0 unspecified atom stereocenters. The van der Waals surface area contributed by atoms with Gasteiger partial charge >= 0.3 is 0 Å². The van der Waals surface area contributed by atoms with Gasteiger partial charge in [0.15, 0.2) is 17.5 Å². The summed E-state index contributed by atoms with van der Waals surface area (Å²) in [4.78, 5) is 15.2. The van der Waals surface area contributed by atoms with Gasteiger partial charge < -0.3 is 8.98 Å². The highest BCUT2D eigenvalue weighted by Gasteiger charge is 2.17. The van der Waals surface area contributed by atoms with E-state index in [9.17, 15) is 0 Å². The van der Waals surface area contributed by atoms with Gasteiger partial charge in [0.25, 0.3) is 0 Å². The molecule has 4 aromatic heterocycles. The van der Waals surface area contributed by atoms with Gasteiger partial charge in [0.2, 0.25) is 0 Å². The molecular formula is C51H30N4OS. The molecule has 12 rings (SSSR count). The number of benzene rings is 8. The summed E-state index contributed by atoms with van der Waals surface area (Å²) in [6, 6.07) is 63.9.